The van der Waals surface area contributed by atoms with Crippen LogP contribution in [0.4, 0.5) is 4.39 Å². The highest BCUT2D eigenvalue weighted by Gasteiger charge is 2.21. The highest BCUT2D eigenvalue weighted by atomic mass is 35.5. The number of nitrogens with one attached hydrogen (secondary N) is 1. The number of rotatable bonds is 7. The Bertz CT molecular complexity index is 561. The second kappa shape index (κ2) is 7.36. The van der Waals surface area contributed by atoms with Gasteiger partial charge in [-0.2, -0.15) is 0 Å². The summed E-state index contributed by atoms with van der Waals surface area (Å²) in [5, 5.41) is 9.06. The molecule has 2 N–H and O–H groups in total. The van der Waals surface area contributed by atoms with Crippen LogP contribution in [0.3, 0.4) is 0 Å². The Hall–Kier alpha value is -0.690. The van der Waals surface area contributed by atoms with Gasteiger partial charge in [-0.15, -0.1) is 0 Å². The Kier molecular flexibility index (Phi) is 6.39. The minimum Gasteiger partial charge on any atom is -0.392 e. The van der Waals surface area contributed by atoms with Crippen LogP contribution in [-0.2, 0) is 16.6 Å². The molecule has 4 nitrogen and oxygen atoms in total. The molecule has 1 rings (SSSR count). The molecule has 0 aliphatic heterocycles. The SMILES string of the molecule is CC(C)CCCNS(=O)(=O)c1cc(Cl)cc(CO)c1F. The molecule has 0 fully saturated rings. The Morgan fingerprint density at radius 2 is 2.05 bits per heavy atom. The zero-order valence-corrected chi connectivity index (χ0v) is 13.1. The summed E-state index contributed by atoms with van der Waals surface area (Å²) in [6.07, 6.45) is 1.55. The molecule has 0 saturated heterocycles. The molecule has 114 valence electrons. The van der Waals surface area contributed by atoms with Crippen LogP contribution in [0.1, 0.15) is 32.3 Å². The summed E-state index contributed by atoms with van der Waals surface area (Å²) < 4.78 is 40.3. The molecular formula is C13H19ClFNO3S. The van der Waals surface area contributed by atoms with Gasteiger partial charge in [-0.1, -0.05) is 25.4 Å². The molecular weight excluding hydrogens is 305 g/mol. The zero-order valence-electron chi connectivity index (χ0n) is 11.5. The highest BCUT2D eigenvalue weighted by molar-refractivity contribution is 7.89. The van der Waals surface area contributed by atoms with Crippen molar-refractivity contribution in [2.75, 3.05) is 6.54 Å². The first kappa shape index (κ1) is 17.4. The molecule has 1 aromatic carbocycles. The van der Waals surface area contributed by atoms with Gasteiger partial charge in [-0.3, -0.25) is 0 Å². The van der Waals surface area contributed by atoms with Crippen LogP contribution in [0.15, 0.2) is 17.0 Å². The number of benzene rings is 1. The molecule has 0 radical (unpaired) electrons. The number of hydrogen-bond donors (Lipinski definition) is 2. The predicted molar refractivity (Wildman–Crippen MR) is 76.6 cm³/mol. The molecule has 0 bridgehead atoms. The number of halogens is 2. The van der Waals surface area contributed by atoms with Crippen molar-refractivity contribution in [2.45, 2.75) is 38.2 Å². The molecule has 0 unspecified atom stereocenters. The van der Waals surface area contributed by atoms with Crippen molar-refractivity contribution < 1.29 is 17.9 Å². The fraction of sp³-hybridized carbons (Fsp3) is 0.538. The van der Waals surface area contributed by atoms with Gasteiger partial charge < -0.3 is 5.11 Å². The van der Waals surface area contributed by atoms with Crippen molar-refractivity contribution in [1.29, 1.82) is 0 Å². The van der Waals surface area contributed by atoms with Crippen molar-refractivity contribution >= 4 is 21.6 Å². The summed E-state index contributed by atoms with van der Waals surface area (Å²) in [6, 6.07) is 2.25. The quantitative estimate of drug-likeness (QED) is 0.758. The molecule has 20 heavy (non-hydrogen) atoms. The third kappa shape index (κ3) is 4.70. The molecule has 7 heteroatoms. The first-order valence-electron chi connectivity index (χ1n) is 6.36. The third-order valence-electron chi connectivity index (χ3n) is 2.79. The van der Waals surface area contributed by atoms with E-state index >= 15 is 0 Å². The van der Waals surface area contributed by atoms with Gasteiger partial charge in [0.15, 0.2) is 0 Å². The lowest BCUT2D eigenvalue weighted by atomic mass is 10.1. The van der Waals surface area contributed by atoms with E-state index in [0.717, 1.165) is 12.5 Å². The Balaban J connectivity index is 2.90. The second-order valence-electron chi connectivity index (χ2n) is 4.97. The number of aliphatic hydroxyl groups excluding tert-OH is 1. The average molecular weight is 324 g/mol. The predicted octanol–water partition coefficient (Wildman–Crippen LogP) is 2.69. The van der Waals surface area contributed by atoms with Gasteiger partial charge in [-0.25, -0.2) is 17.5 Å². The number of sulfonamides is 1. The zero-order chi connectivity index (χ0) is 15.3. The normalized spacial score (nSPS) is 12.1. The lowest BCUT2D eigenvalue weighted by molar-refractivity contribution is 0.274. The van der Waals surface area contributed by atoms with E-state index in [1.807, 2.05) is 13.8 Å². The largest absolute Gasteiger partial charge is 0.392 e. The van der Waals surface area contributed by atoms with Crippen LogP contribution in [0.2, 0.25) is 5.02 Å². The smallest absolute Gasteiger partial charge is 0.243 e. The molecule has 0 saturated carbocycles. The van der Waals surface area contributed by atoms with E-state index in [9.17, 15) is 12.8 Å². The van der Waals surface area contributed by atoms with Crippen LogP contribution >= 0.6 is 11.6 Å². The maximum atomic E-state index is 13.9. The lowest BCUT2D eigenvalue weighted by Crippen LogP contribution is -2.26. The number of hydrogen-bond acceptors (Lipinski definition) is 3. The minimum atomic E-state index is -3.96. The van der Waals surface area contributed by atoms with Gasteiger partial charge in [0, 0.05) is 17.1 Å². The fourth-order valence-electron chi connectivity index (χ4n) is 1.72. The van der Waals surface area contributed by atoms with E-state index in [1.54, 1.807) is 0 Å². The summed E-state index contributed by atoms with van der Waals surface area (Å²) in [7, 11) is -3.96. The summed E-state index contributed by atoms with van der Waals surface area (Å²) in [6.45, 7) is 3.71. The molecule has 1 aromatic rings. The van der Waals surface area contributed by atoms with Crippen LogP contribution in [0.5, 0.6) is 0 Å². The van der Waals surface area contributed by atoms with E-state index in [2.05, 4.69) is 4.72 Å². The Labute approximate surface area is 124 Å². The molecule has 0 heterocycles. The van der Waals surface area contributed by atoms with E-state index in [-0.39, 0.29) is 17.1 Å². The van der Waals surface area contributed by atoms with Gasteiger partial charge in [0.2, 0.25) is 10.0 Å². The average Bonchev–Trinajstić information content (AvgIpc) is 2.36. The van der Waals surface area contributed by atoms with Crippen molar-refractivity contribution in [2.24, 2.45) is 5.92 Å². The monoisotopic (exact) mass is 323 g/mol. The van der Waals surface area contributed by atoms with Gasteiger partial charge >= 0.3 is 0 Å². The summed E-state index contributed by atoms with van der Waals surface area (Å²) in [4.78, 5) is -0.529. The van der Waals surface area contributed by atoms with E-state index in [1.165, 1.54) is 6.07 Å². The Morgan fingerprint density at radius 3 is 2.60 bits per heavy atom. The molecule has 0 aliphatic rings. The van der Waals surface area contributed by atoms with Crippen molar-refractivity contribution in [1.82, 2.24) is 4.72 Å². The highest BCUT2D eigenvalue weighted by Crippen LogP contribution is 2.23. The van der Waals surface area contributed by atoms with Gasteiger partial charge in [0.05, 0.1) is 6.61 Å². The first-order chi connectivity index (χ1) is 9.27. The molecule has 0 spiro atoms. The maximum Gasteiger partial charge on any atom is 0.243 e. The van der Waals surface area contributed by atoms with Crippen LogP contribution in [-0.4, -0.2) is 20.1 Å². The summed E-state index contributed by atoms with van der Waals surface area (Å²) in [5.41, 5.74) is -0.139. The van der Waals surface area contributed by atoms with E-state index in [0.29, 0.717) is 12.3 Å². The molecule has 0 aromatic heterocycles. The van der Waals surface area contributed by atoms with Gasteiger partial charge in [0.1, 0.15) is 10.7 Å². The van der Waals surface area contributed by atoms with E-state index < -0.39 is 27.3 Å². The van der Waals surface area contributed by atoms with E-state index in [4.69, 9.17) is 16.7 Å². The number of aliphatic hydroxyl groups is 1. The Morgan fingerprint density at radius 1 is 1.40 bits per heavy atom. The maximum absolute atomic E-state index is 13.9. The standard InChI is InChI=1S/C13H19ClFNO3S/c1-9(2)4-3-5-16-20(18,19)12-7-11(14)6-10(8-17)13(12)15/h6-7,9,16-17H,3-5,8H2,1-2H3. The molecule has 0 atom stereocenters. The van der Waals surface area contributed by atoms with Crippen molar-refractivity contribution in [3.05, 3.63) is 28.5 Å². The summed E-state index contributed by atoms with van der Waals surface area (Å²) in [5.74, 6) is -0.489. The van der Waals surface area contributed by atoms with Crippen molar-refractivity contribution in [3.63, 3.8) is 0 Å². The first-order valence-corrected chi connectivity index (χ1v) is 8.22. The van der Waals surface area contributed by atoms with Gasteiger partial charge in [0.25, 0.3) is 0 Å². The molecule has 0 aliphatic carbocycles. The molecule has 0 amide bonds. The summed E-state index contributed by atoms with van der Waals surface area (Å²) >= 11 is 5.74. The van der Waals surface area contributed by atoms with Crippen LogP contribution < -0.4 is 4.72 Å². The van der Waals surface area contributed by atoms with Crippen LogP contribution in [0.25, 0.3) is 0 Å². The topological polar surface area (TPSA) is 66.4 Å². The minimum absolute atomic E-state index is 0.0676. The lowest BCUT2D eigenvalue weighted by Gasteiger charge is -2.11. The second-order valence-corrected chi connectivity index (χ2v) is 7.14. The van der Waals surface area contributed by atoms with Gasteiger partial charge in [-0.05, 0) is 30.9 Å². The van der Waals surface area contributed by atoms with Crippen LogP contribution in [0, 0.1) is 11.7 Å². The fourth-order valence-corrected chi connectivity index (χ4v) is 3.25. The van der Waals surface area contributed by atoms with Crippen molar-refractivity contribution in [3.8, 4) is 0 Å². The third-order valence-corrected chi connectivity index (χ3v) is 4.47.